The summed E-state index contributed by atoms with van der Waals surface area (Å²) in [5, 5.41) is 7.19. The van der Waals surface area contributed by atoms with Crippen LogP contribution in [0.2, 0.25) is 0 Å². The Hall–Kier alpha value is -3.55. The van der Waals surface area contributed by atoms with Gasteiger partial charge in [-0.25, -0.2) is 9.59 Å². The van der Waals surface area contributed by atoms with E-state index in [4.69, 9.17) is 26.1 Å². The Morgan fingerprint density at radius 2 is 1.48 bits per heavy atom. The van der Waals surface area contributed by atoms with Crippen LogP contribution in [0.5, 0.6) is 0 Å². The molecular weight excluding hydrogens is 326 g/mol. The van der Waals surface area contributed by atoms with Crippen LogP contribution in [-0.2, 0) is 4.74 Å². The van der Waals surface area contributed by atoms with Gasteiger partial charge in [-0.2, -0.15) is 0 Å². The maximum atomic E-state index is 11.2. The Balaban J connectivity index is 0.000000705. The van der Waals surface area contributed by atoms with Crippen molar-refractivity contribution in [2.45, 2.75) is 13.0 Å². The third-order valence-electron chi connectivity index (χ3n) is 3.13. The van der Waals surface area contributed by atoms with Crippen LogP contribution in [0.25, 0.3) is 11.1 Å². The lowest BCUT2D eigenvalue weighted by molar-refractivity contribution is 0.0999. The van der Waals surface area contributed by atoms with Gasteiger partial charge in [0.2, 0.25) is 5.91 Å². The number of primary amides is 3. The van der Waals surface area contributed by atoms with Gasteiger partial charge >= 0.3 is 12.2 Å². The molecule has 0 saturated heterocycles. The molecule has 1 unspecified atom stereocenters. The predicted octanol–water partition coefficient (Wildman–Crippen LogP) is 2.23. The summed E-state index contributed by atoms with van der Waals surface area (Å²) in [5.41, 5.74) is 17.4. The maximum absolute atomic E-state index is 11.2. The zero-order valence-electron chi connectivity index (χ0n) is 13.5. The molecule has 0 bridgehead atoms. The van der Waals surface area contributed by atoms with E-state index < -0.39 is 24.2 Å². The molecule has 3 amide bonds. The summed E-state index contributed by atoms with van der Waals surface area (Å²) in [6.07, 6.45) is -2.59. The number of benzene rings is 2. The number of ether oxygens (including phenoxy) is 1. The van der Waals surface area contributed by atoms with E-state index in [0.29, 0.717) is 5.56 Å². The Morgan fingerprint density at radius 3 is 2.00 bits per heavy atom. The van der Waals surface area contributed by atoms with E-state index in [1.807, 2.05) is 30.3 Å². The number of hydrogen-bond acceptors (Lipinski definition) is 4. The molecule has 0 aliphatic carbocycles. The third-order valence-corrected chi connectivity index (χ3v) is 3.13. The van der Waals surface area contributed by atoms with E-state index in [1.165, 1.54) is 0 Å². The minimum Gasteiger partial charge on any atom is -0.465 e. The highest BCUT2D eigenvalue weighted by molar-refractivity contribution is 5.94. The van der Waals surface area contributed by atoms with Gasteiger partial charge in [0.1, 0.15) is 6.10 Å². The van der Waals surface area contributed by atoms with Crippen molar-refractivity contribution in [3.8, 4) is 11.1 Å². The zero-order valence-corrected chi connectivity index (χ0v) is 13.5. The average molecular weight is 345 g/mol. The first-order valence-corrected chi connectivity index (χ1v) is 7.15. The Morgan fingerprint density at radius 1 is 0.960 bits per heavy atom. The molecule has 8 heteroatoms. The zero-order chi connectivity index (χ0) is 19.0. The standard InChI is InChI=1S/C16H16N2O3.CH3NO2/c1-10(21-16(18)20)11-4-2-5-12(8-11)13-6-3-7-14(9-13)15(17)19;2-1(3)4/h2-10H,1H3,(H2,17,19)(H2,18,20);2H2,(H,3,4). The van der Waals surface area contributed by atoms with Crippen molar-refractivity contribution >= 4 is 18.1 Å². The molecular formula is C17H19N3O5. The van der Waals surface area contributed by atoms with Crippen LogP contribution >= 0.6 is 0 Å². The van der Waals surface area contributed by atoms with Gasteiger partial charge < -0.3 is 27.0 Å². The second-order valence-electron chi connectivity index (χ2n) is 4.99. The highest BCUT2D eigenvalue weighted by atomic mass is 16.6. The minimum absolute atomic E-state index is 0.443. The summed E-state index contributed by atoms with van der Waals surface area (Å²) in [6.45, 7) is 1.74. The summed E-state index contributed by atoms with van der Waals surface area (Å²) in [7, 11) is 0. The van der Waals surface area contributed by atoms with Crippen molar-refractivity contribution in [3.05, 3.63) is 59.7 Å². The quantitative estimate of drug-likeness (QED) is 0.667. The van der Waals surface area contributed by atoms with Gasteiger partial charge in [0.15, 0.2) is 0 Å². The van der Waals surface area contributed by atoms with Crippen molar-refractivity contribution < 1.29 is 24.2 Å². The van der Waals surface area contributed by atoms with E-state index >= 15 is 0 Å². The van der Waals surface area contributed by atoms with Gasteiger partial charge in [-0.3, -0.25) is 4.79 Å². The molecule has 0 fully saturated rings. The fourth-order valence-electron chi connectivity index (χ4n) is 2.07. The molecule has 8 nitrogen and oxygen atoms in total. The van der Waals surface area contributed by atoms with Crippen LogP contribution < -0.4 is 17.2 Å². The third kappa shape index (κ3) is 6.61. The van der Waals surface area contributed by atoms with Crippen molar-refractivity contribution in [1.82, 2.24) is 0 Å². The molecule has 0 heterocycles. The fourth-order valence-corrected chi connectivity index (χ4v) is 2.07. The molecule has 7 N–H and O–H groups in total. The first kappa shape index (κ1) is 19.5. The molecule has 2 rings (SSSR count). The van der Waals surface area contributed by atoms with E-state index in [2.05, 4.69) is 5.73 Å². The minimum atomic E-state index is -1.33. The smallest absolute Gasteiger partial charge is 0.405 e. The molecule has 132 valence electrons. The van der Waals surface area contributed by atoms with Crippen LogP contribution in [-0.4, -0.2) is 23.2 Å². The van der Waals surface area contributed by atoms with Gasteiger partial charge in [-0.15, -0.1) is 0 Å². The molecule has 0 radical (unpaired) electrons. The van der Waals surface area contributed by atoms with Crippen LogP contribution in [0.15, 0.2) is 48.5 Å². The summed E-state index contributed by atoms with van der Waals surface area (Å²) >= 11 is 0. The molecule has 2 aromatic rings. The van der Waals surface area contributed by atoms with Crippen LogP contribution in [0.4, 0.5) is 9.59 Å². The molecule has 0 saturated carbocycles. The molecule has 0 spiro atoms. The van der Waals surface area contributed by atoms with E-state index in [9.17, 15) is 9.59 Å². The number of carboxylic acid groups (broad SMARTS) is 1. The monoisotopic (exact) mass is 345 g/mol. The number of carbonyl (C=O) groups excluding carboxylic acids is 2. The normalized spacial score (nSPS) is 10.8. The lowest BCUT2D eigenvalue weighted by atomic mass is 9.99. The second-order valence-corrected chi connectivity index (χ2v) is 4.99. The topological polar surface area (TPSA) is 159 Å². The highest BCUT2D eigenvalue weighted by Gasteiger charge is 2.10. The Labute approximate surface area is 144 Å². The summed E-state index contributed by atoms with van der Waals surface area (Å²) in [5.74, 6) is -0.474. The Kier molecular flexibility index (Phi) is 6.96. The van der Waals surface area contributed by atoms with Crippen LogP contribution in [0.3, 0.4) is 0 Å². The number of carbonyl (C=O) groups is 3. The van der Waals surface area contributed by atoms with Gasteiger partial charge in [0, 0.05) is 5.56 Å². The van der Waals surface area contributed by atoms with E-state index in [-0.39, 0.29) is 0 Å². The van der Waals surface area contributed by atoms with Crippen molar-refractivity contribution in [1.29, 1.82) is 0 Å². The first-order chi connectivity index (χ1) is 11.7. The summed E-state index contributed by atoms with van der Waals surface area (Å²) < 4.78 is 4.95. The molecule has 0 aliphatic rings. The summed E-state index contributed by atoms with van der Waals surface area (Å²) in [6, 6.07) is 14.5. The van der Waals surface area contributed by atoms with Crippen molar-refractivity contribution in [2.24, 2.45) is 17.2 Å². The van der Waals surface area contributed by atoms with E-state index in [0.717, 1.165) is 16.7 Å². The van der Waals surface area contributed by atoms with E-state index in [1.54, 1.807) is 25.1 Å². The van der Waals surface area contributed by atoms with Gasteiger partial charge in [0.05, 0.1) is 0 Å². The number of rotatable bonds is 4. The number of nitrogens with two attached hydrogens (primary N) is 3. The van der Waals surface area contributed by atoms with Crippen LogP contribution in [0, 0.1) is 0 Å². The summed E-state index contributed by atoms with van der Waals surface area (Å²) in [4.78, 5) is 30.8. The predicted molar refractivity (Wildman–Crippen MR) is 91.7 cm³/mol. The molecule has 1 atom stereocenters. The molecule has 25 heavy (non-hydrogen) atoms. The average Bonchev–Trinajstić information content (AvgIpc) is 2.54. The molecule has 0 aliphatic heterocycles. The fraction of sp³-hybridized carbons (Fsp3) is 0.118. The van der Waals surface area contributed by atoms with Gasteiger partial charge in [0.25, 0.3) is 0 Å². The van der Waals surface area contributed by atoms with Gasteiger partial charge in [-0.1, -0.05) is 30.3 Å². The largest absolute Gasteiger partial charge is 0.465 e. The van der Waals surface area contributed by atoms with Crippen molar-refractivity contribution in [3.63, 3.8) is 0 Å². The second kappa shape index (κ2) is 8.92. The molecule has 0 aromatic heterocycles. The highest BCUT2D eigenvalue weighted by Crippen LogP contribution is 2.25. The SMILES string of the molecule is CC(OC(N)=O)c1cccc(-c2cccc(C(N)=O)c2)c1.NC(=O)O. The lowest BCUT2D eigenvalue weighted by Gasteiger charge is -2.13. The Bertz CT molecular complexity index is 772. The lowest BCUT2D eigenvalue weighted by Crippen LogP contribution is -2.15. The van der Waals surface area contributed by atoms with Crippen molar-refractivity contribution in [2.75, 3.05) is 0 Å². The number of amides is 3. The first-order valence-electron chi connectivity index (χ1n) is 7.15. The van der Waals surface area contributed by atoms with Crippen LogP contribution in [0.1, 0.15) is 28.9 Å². The van der Waals surface area contributed by atoms with Gasteiger partial charge in [-0.05, 0) is 41.8 Å². The number of hydrogen-bond donors (Lipinski definition) is 4. The molecule has 2 aromatic carbocycles. The maximum Gasteiger partial charge on any atom is 0.405 e.